The Morgan fingerprint density at radius 3 is 2.75 bits per heavy atom. The summed E-state index contributed by atoms with van der Waals surface area (Å²) in [5, 5.41) is 0. The van der Waals surface area contributed by atoms with Gasteiger partial charge in [0.25, 0.3) is 0 Å². The minimum atomic E-state index is -0.190. The fourth-order valence-corrected chi connectivity index (χ4v) is 1.38. The summed E-state index contributed by atoms with van der Waals surface area (Å²) in [5.41, 5.74) is 2.37. The van der Waals surface area contributed by atoms with Crippen LogP contribution in [0.1, 0.15) is 24.0 Å². The van der Waals surface area contributed by atoms with Crippen LogP contribution < -0.4 is 4.74 Å². The highest BCUT2D eigenvalue weighted by molar-refractivity contribution is 5.69. The van der Waals surface area contributed by atoms with Crippen molar-refractivity contribution in [1.82, 2.24) is 0 Å². The van der Waals surface area contributed by atoms with Crippen LogP contribution in [0.5, 0.6) is 5.75 Å². The fraction of sp³-hybridized carbons (Fsp3) is 0.462. The van der Waals surface area contributed by atoms with Gasteiger partial charge in [0.15, 0.2) is 0 Å². The summed E-state index contributed by atoms with van der Waals surface area (Å²) in [6.07, 6.45) is 1.08. The van der Waals surface area contributed by atoms with Crippen molar-refractivity contribution in [3.05, 3.63) is 29.3 Å². The van der Waals surface area contributed by atoms with E-state index in [1.54, 1.807) is 0 Å². The van der Waals surface area contributed by atoms with Gasteiger partial charge in [-0.1, -0.05) is 12.1 Å². The maximum Gasteiger partial charge on any atom is 0.305 e. The highest BCUT2D eigenvalue weighted by Crippen LogP contribution is 2.20. The van der Waals surface area contributed by atoms with Crippen molar-refractivity contribution in [2.24, 2.45) is 0 Å². The highest BCUT2D eigenvalue weighted by atomic mass is 16.5. The summed E-state index contributed by atoms with van der Waals surface area (Å²) in [5.74, 6) is 0.703. The summed E-state index contributed by atoms with van der Waals surface area (Å²) in [4.78, 5) is 10.9. The van der Waals surface area contributed by atoms with E-state index in [4.69, 9.17) is 4.74 Å². The van der Waals surface area contributed by atoms with Crippen LogP contribution in [0.2, 0.25) is 0 Å². The first-order valence-electron chi connectivity index (χ1n) is 5.41. The standard InChI is InChI=1S/C13H18O3/c1-10-6-4-7-12(11(10)2)16-9-5-8-13(14)15-3/h4,6-7H,5,8-9H2,1-3H3. The van der Waals surface area contributed by atoms with Gasteiger partial charge in [-0.15, -0.1) is 0 Å². The molecule has 0 saturated heterocycles. The summed E-state index contributed by atoms with van der Waals surface area (Å²) in [6.45, 7) is 4.63. The van der Waals surface area contributed by atoms with Crippen LogP contribution in [0.3, 0.4) is 0 Å². The molecule has 0 unspecified atom stereocenters. The highest BCUT2D eigenvalue weighted by Gasteiger charge is 2.03. The van der Waals surface area contributed by atoms with E-state index in [0.717, 1.165) is 11.3 Å². The Kier molecular flexibility index (Phi) is 4.83. The first-order valence-corrected chi connectivity index (χ1v) is 5.41. The molecule has 0 spiro atoms. The minimum Gasteiger partial charge on any atom is -0.493 e. The maximum atomic E-state index is 10.9. The number of aryl methyl sites for hydroxylation is 1. The number of benzene rings is 1. The predicted molar refractivity (Wildman–Crippen MR) is 62.7 cm³/mol. The van der Waals surface area contributed by atoms with E-state index >= 15 is 0 Å². The average Bonchev–Trinajstić information content (AvgIpc) is 2.29. The van der Waals surface area contributed by atoms with Crippen LogP contribution in [0, 0.1) is 13.8 Å². The third-order valence-electron chi connectivity index (χ3n) is 2.57. The van der Waals surface area contributed by atoms with Crippen molar-refractivity contribution in [3.8, 4) is 5.75 Å². The lowest BCUT2D eigenvalue weighted by Crippen LogP contribution is -2.05. The van der Waals surface area contributed by atoms with Gasteiger partial charge in [0, 0.05) is 6.42 Å². The Hall–Kier alpha value is -1.51. The van der Waals surface area contributed by atoms with E-state index in [9.17, 15) is 4.79 Å². The van der Waals surface area contributed by atoms with Gasteiger partial charge in [0.1, 0.15) is 5.75 Å². The van der Waals surface area contributed by atoms with Gasteiger partial charge in [0.05, 0.1) is 13.7 Å². The molecule has 1 aromatic rings. The number of carbonyl (C=O) groups excluding carboxylic acids is 1. The number of hydrogen-bond donors (Lipinski definition) is 0. The van der Waals surface area contributed by atoms with Crippen LogP contribution in [0.25, 0.3) is 0 Å². The molecular weight excluding hydrogens is 204 g/mol. The quantitative estimate of drug-likeness (QED) is 0.567. The second kappa shape index (κ2) is 6.16. The summed E-state index contributed by atoms with van der Waals surface area (Å²) >= 11 is 0. The van der Waals surface area contributed by atoms with Gasteiger partial charge >= 0.3 is 5.97 Å². The van der Waals surface area contributed by atoms with Gasteiger partial charge < -0.3 is 9.47 Å². The number of rotatable bonds is 5. The first kappa shape index (κ1) is 12.6. The van der Waals surface area contributed by atoms with Gasteiger partial charge in [-0.2, -0.15) is 0 Å². The molecule has 0 aromatic heterocycles. The predicted octanol–water partition coefficient (Wildman–Crippen LogP) is 2.64. The van der Waals surface area contributed by atoms with Gasteiger partial charge in [-0.3, -0.25) is 4.79 Å². The molecule has 0 fully saturated rings. The van der Waals surface area contributed by atoms with E-state index in [1.807, 2.05) is 19.1 Å². The molecule has 0 amide bonds. The average molecular weight is 222 g/mol. The lowest BCUT2D eigenvalue weighted by atomic mass is 10.1. The van der Waals surface area contributed by atoms with E-state index in [0.29, 0.717) is 19.4 Å². The molecule has 0 heterocycles. The van der Waals surface area contributed by atoms with Gasteiger partial charge in [-0.05, 0) is 37.5 Å². The number of methoxy groups -OCH3 is 1. The Bertz CT molecular complexity index is 358. The Morgan fingerprint density at radius 2 is 2.06 bits per heavy atom. The second-order valence-corrected chi connectivity index (χ2v) is 3.73. The molecule has 0 atom stereocenters. The molecule has 88 valence electrons. The van der Waals surface area contributed by atoms with E-state index in [1.165, 1.54) is 12.7 Å². The van der Waals surface area contributed by atoms with Crippen molar-refractivity contribution in [1.29, 1.82) is 0 Å². The van der Waals surface area contributed by atoms with Crippen molar-refractivity contribution in [3.63, 3.8) is 0 Å². The van der Waals surface area contributed by atoms with Crippen LogP contribution in [0.15, 0.2) is 18.2 Å². The Labute approximate surface area is 96.4 Å². The van der Waals surface area contributed by atoms with Gasteiger partial charge in [0.2, 0.25) is 0 Å². The number of esters is 1. The molecule has 16 heavy (non-hydrogen) atoms. The van der Waals surface area contributed by atoms with Crippen molar-refractivity contribution >= 4 is 5.97 Å². The second-order valence-electron chi connectivity index (χ2n) is 3.73. The molecule has 0 N–H and O–H groups in total. The SMILES string of the molecule is COC(=O)CCCOc1cccc(C)c1C. The molecule has 0 aliphatic carbocycles. The first-order chi connectivity index (χ1) is 7.65. The maximum absolute atomic E-state index is 10.9. The lowest BCUT2D eigenvalue weighted by molar-refractivity contribution is -0.140. The third-order valence-corrected chi connectivity index (χ3v) is 2.57. The van der Waals surface area contributed by atoms with Gasteiger partial charge in [-0.25, -0.2) is 0 Å². The van der Waals surface area contributed by atoms with E-state index in [-0.39, 0.29) is 5.97 Å². The topological polar surface area (TPSA) is 35.5 Å². The van der Waals surface area contributed by atoms with E-state index in [2.05, 4.69) is 17.7 Å². The zero-order valence-electron chi connectivity index (χ0n) is 10.1. The molecule has 0 radical (unpaired) electrons. The minimum absolute atomic E-state index is 0.190. The molecule has 0 aliphatic heterocycles. The molecule has 3 nitrogen and oxygen atoms in total. The van der Waals surface area contributed by atoms with Crippen LogP contribution in [0.4, 0.5) is 0 Å². The van der Waals surface area contributed by atoms with E-state index < -0.39 is 0 Å². The molecule has 0 aliphatic rings. The molecule has 0 bridgehead atoms. The number of ether oxygens (including phenoxy) is 2. The molecular formula is C13H18O3. The zero-order chi connectivity index (χ0) is 12.0. The summed E-state index contributed by atoms with van der Waals surface area (Å²) < 4.78 is 10.2. The zero-order valence-corrected chi connectivity index (χ0v) is 10.1. The number of hydrogen-bond acceptors (Lipinski definition) is 3. The van der Waals surface area contributed by atoms with Crippen molar-refractivity contribution < 1.29 is 14.3 Å². The Balaban J connectivity index is 2.38. The lowest BCUT2D eigenvalue weighted by Gasteiger charge is -2.10. The Morgan fingerprint density at radius 1 is 1.31 bits per heavy atom. The fourth-order valence-electron chi connectivity index (χ4n) is 1.38. The van der Waals surface area contributed by atoms with Crippen LogP contribution in [-0.2, 0) is 9.53 Å². The largest absolute Gasteiger partial charge is 0.493 e. The number of carbonyl (C=O) groups is 1. The van der Waals surface area contributed by atoms with Crippen LogP contribution in [-0.4, -0.2) is 19.7 Å². The normalized spacial score (nSPS) is 9.94. The molecule has 0 saturated carbocycles. The van der Waals surface area contributed by atoms with Crippen molar-refractivity contribution in [2.45, 2.75) is 26.7 Å². The monoisotopic (exact) mass is 222 g/mol. The summed E-state index contributed by atoms with van der Waals surface area (Å²) in [7, 11) is 1.40. The van der Waals surface area contributed by atoms with Crippen LogP contribution >= 0.6 is 0 Å². The molecule has 1 aromatic carbocycles. The summed E-state index contributed by atoms with van der Waals surface area (Å²) in [6, 6.07) is 5.97. The smallest absolute Gasteiger partial charge is 0.305 e. The van der Waals surface area contributed by atoms with Crippen molar-refractivity contribution in [2.75, 3.05) is 13.7 Å². The molecule has 1 rings (SSSR count). The third kappa shape index (κ3) is 3.57. The molecule has 3 heteroatoms.